The molecule has 1 saturated carbocycles. The van der Waals surface area contributed by atoms with E-state index in [4.69, 9.17) is 4.74 Å². The lowest BCUT2D eigenvalue weighted by Gasteiger charge is -2.31. The van der Waals surface area contributed by atoms with Gasteiger partial charge in [0.2, 0.25) is 0 Å². The minimum Gasteiger partial charge on any atom is -0.465 e. The Kier molecular flexibility index (Phi) is 5.31. The molecule has 2 fully saturated rings. The van der Waals surface area contributed by atoms with E-state index in [0.717, 1.165) is 19.3 Å². The van der Waals surface area contributed by atoms with Crippen LogP contribution in [0.1, 0.15) is 59.3 Å². The van der Waals surface area contributed by atoms with E-state index in [1.54, 1.807) is 0 Å². The van der Waals surface area contributed by atoms with Crippen LogP contribution in [0, 0.1) is 5.41 Å². The SMILES string of the molecule is CCOC(=O)C1(NC)CCC(N2CCCC(C)(C)CC2)C1. The number of carbonyl (C=O) groups is 1. The van der Waals surface area contributed by atoms with Gasteiger partial charge in [0, 0.05) is 6.04 Å². The molecule has 4 nitrogen and oxygen atoms in total. The van der Waals surface area contributed by atoms with Crippen molar-refractivity contribution < 1.29 is 9.53 Å². The summed E-state index contributed by atoms with van der Waals surface area (Å²) in [4.78, 5) is 14.9. The lowest BCUT2D eigenvalue weighted by atomic mass is 9.85. The van der Waals surface area contributed by atoms with Crippen LogP contribution in [0.25, 0.3) is 0 Å². The first kappa shape index (κ1) is 16.8. The predicted octanol–water partition coefficient (Wildman–Crippen LogP) is 2.57. The monoisotopic (exact) mass is 296 g/mol. The molecule has 0 aromatic heterocycles. The summed E-state index contributed by atoms with van der Waals surface area (Å²) in [5.41, 5.74) is 0.0110. The van der Waals surface area contributed by atoms with Crippen LogP contribution in [-0.2, 0) is 9.53 Å². The van der Waals surface area contributed by atoms with Crippen molar-refractivity contribution in [3.8, 4) is 0 Å². The van der Waals surface area contributed by atoms with Gasteiger partial charge in [-0.3, -0.25) is 4.79 Å². The zero-order chi connectivity index (χ0) is 15.5. The smallest absolute Gasteiger partial charge is 0.326 e. The number of likely N-dealkylation sites (tertiary alicyclic amines) is 1. The van der Waals surface area contributed by atoms with Gasteiger partial charge in [0.25, 0.3) is 0 Å². The molecule has 0 radical (unpaired) electrons. The second-order valence-electron chi connectivity index (χ2n) is 7.50. The molecule has 1 aliphatic carbocycles. The molecule has 0 aromatic rings. The largest absolute Gasteiger partial charge is 0.465 e. The standard InChI is InChI=1S/C17H32N2O2/c1-5-21-15(20)17(18-4)9-7-14(13-17)19-11-6-8-16(2,3)10-12-19/h14,18H,5-13H2,1-4H3. The summed E-state index contributed by atoms with van der Waals surface area (Å²) in [6.45, 7) is 9.44. The van der Waals surface area contributed by atoms with E-state index in [1.165, 1.54) is 32.4 Å². The van der Waals surface area contributed by atoms with Crippen LogP contribution in [0.4, 0.5) is 0 Å². The zero-order valence-corrected chi connectivity index (χ0v) is 14.2. The van der Waals surface area contributed by atoms with Crippen LogP contribution < -0.4 is 5.32 Å². The van der Waals surface area contributed by atoms with Gasteiger partial charge in [-0.2, -0.15) is 0 Å². The highest BCUT2D eigenvalue weighted by atomic mass is 16.5. The van der Waals surface area contributed by atoms with Crippen molar-refractivity contribution in [2.24, 2.45) is 5.41 Å². The number of carbonyl (C=O) groups excluding carboxylic acids is 1. The molecule has 1 heterocycles. The summed E-state index contributed by atoms with van der Waals surface area (Å²) >= 11 is 0. The van der Waals surface area contributed by atoms with Crippen molar-refractivity contribution in [1.82, 2.24) is 10.2 Å². The number of likely N-dealkylation sites (N-methyl/N-ethyl adjacent to an activating group) is 1. The summed E-state index contributed by atoms with van der Waals surface area (Å²) < 4.78 is 5.29. The summed E-state index contributed by atoms with van der Waals surface area (Å²) in [7, 11) is 1.89. The van der Waals surface area contributed by atoms with E-state index in [2.05, 4.69) is 24.1 Å². The molecule has 1 saturated heterocycles. The molecule has 4 heteroatoms. The Bertz CT molecular complexity index is 370. The van der Waals surface area contributed by atoms with Crippen LogP contribution >= 0.6 is 0 Å². The second kappa shape index (κ2) is 6.66. The fourth-order valence-electron chi connectivity index (χ4n) is 3.92. The summed E-state index contributed by atoms with van der Waals surface area (Å²) in [6.07, 6.45) is 6.73. The number of nitrogens with zero attached hydrogens (tertiary/aromatic N) is 1. The first-order valence-corrected chi connectivity index (χ1v) is 8.53. The highest BCUT2D eigenvalue weighted by Crippen LogP contribution is 2.37. The van der Waals surface area contributed by atoms with Gasteiger partial charge in [0.15, 0.2) is 0 Å². The third-order valence-electron chi connectivity index (χ3n) is 5.52. The van der Waals surface area contributed by atoms with E-state index in [0.29, 0.717) is 18.1 Å². The van der Waals surface area contributed by atoms with Gasteiger partial charge >= 0.3 is 5.97 Å². The second-order valence-corrected chi connectivity index (χ2v) is 7.50. The Balaban J connectivity index is 1.99. The first-order valence-electron chi connectivity index (χ1n) is 8.53. The predicted molar refractivity (Wildman–Crippen MR) is 85.3 cm³/mol. The summed E-state index contributed by atoms with van der Waals surface area (Å²) in [5, 5.41) is 3.26. The number of nitrogens with one attached hydrogen (secondary N) is 1. The Morgan fingerprint density at radius 1 is 1.29 bits per heavy atom. The Morgan fingerprint density at radius 3 is 2.71 bits per heavy atom. The quantitative estimate of drug-likeness (QED) is 0.810. The molecule has 2 unspecified atom stereocenters. The molecule has 122 valence electrons. The first-order chi connectivity index (χ1) is 9.92. The topological polar surface area (TPSA) is 41.6 Å². The normalized spacial score (nSPS) is 33.6. The van der Waals surface area contributed by atoms with Crippen molar-refractivity contribution in [2.45, 2.75) is 70.9 Å². The average molecular weight is 296 g/mol. The van der Waals surface area contributed by atoms with Crippen LogP contribution in [0.5, 0.6) is 0 Å². The third-order valence-corrected chi connectivity index (χ3v) is 5.52. The Labute approximate surface area is 129 Å². The summed E-state index contributed by atoms with van der Waals surface area (Å²) in [6, 6.07) is 0.524. The van der Waals surface area contributed by atoms with Crippen molar-refractivity contribution in [2.75, 3.05) is 26.7 Å². The van der Waals surface area contributed by atoms with Crippen LogP contribution in [0.15, 0.2) is 0 Å². The number of hydrogen-bond acceptors (Lipinski definition) is 4. The minimum atomic E-state index is -0.456. The van der Waals surface area contributed by atoms with Gasteiger partial charge in [-0.15, -0.1) is 0 Å². The van der Waals surface area contributed by atoms with Crippen LogP contribution in [0.2, 0.25) is 0 Å². The molecule has 2 atom stereocenters. The molecule has 0 aromatic carbocycles. The fraction of sp³-hybridized carbons (Fsp3) is 0.941. The van der Waals surface area contributed by atoms with E-state index in [9.17, 15) is 4.79 Å². The van der Waals surface area contributed by atoms with E-state index in [-0.39, 0.29) is 5.97 Å². The lowest BCUT2D eigenvalue weighted by molar-refractivity contribution is -0.151. The molecule has 0 amide bonds. The van der Waals surface area contributed by atoms with Gasteiger partial charge in [0.1, 0.15) is 5.54 Å². The Hall–Kier alpha value is -0.610. The maximum atomic E-state index is 12.3. The fourth-order valence-corrected chi connectivity index (χ4v) is 3.92. The zero-order valence-electron chi connectivity index (χ0n) is 14.2. The number of ether oxygens (including phenoxy) is 1. The van der Waals surface area contributed by atoms with E-state index < -0.39 is 5.54 Å². The molecule has 1 N–H and O–H groups in total. The molecule has 2 aliphatic rings. The lowest BCUT2D eigenvalue weighted by Crippen LogP contribution is -2.50. The van der Waals surface area contributed by atoms with Gasteiger partial charge in [-0.25, -0.2) is 0 Å². The van der Waals surface area contributed by atoms with Gasteiger partial charge in [-0.1, -0.05) is 13.8 Å². The van der Waals surface area contributed by atoms with E-state index in [1.807, 2.05) is 14.0 Å². The highest BCUT2D eigenvalue weighted by molar-refractivity contribution is 5.81. The molecular weight excluding hydrogens is 264 g/mol. The van der Waals surface area contributed by atoms with Crippen LogP contribution in [-0.4, -0.2) is 49.2 Å². The molecule has 1 aliphatic heterocycles. The van der Waals surface area contributed by atoms with Crippen molar-refractivity contribution in [3.05, 3.63) is 0 Å². The highest BCUT2D eigenvalue weighted by Gasteiger charge is 2.47. The maximum absolute atomic E-state index is 12.3. The minimum absolute atomic E-state index is 0.0647. The van der Waals surface area contributed by atoms with Gasteiger partial charge in [-0.05, 0) is 71.0 Å². The van der Waals surface area contributed by atoms with Crippen molar-refractivity contribution in [3.63, 3.8) is 0 Å². The third kappa shape index (κ3) is 3.78. The summed E-state index contributed by atoms with van der Waals surface area (Å²) in [5.74, 6) is -0.0647. The maximum Gasteiger partial charge on any atom is 0.326 e. The average Bonchev–Trinajstić information content (AvgIpc) is 2.80. The Morgan fingerprint density at radius 2 is 2.05 bits per heavy atom. The molecule has 2 rings (SSSR count). The number of esters is 1. The molecule has 21 heavy (non-hydrogen) atoms. The number of hydrogen-bond donors (Lipinski definition) is 1. The molecule has 0 spiro atoms. The van der Waals surface area contributed by atoms with Crippen LogP contribution in [0.3, 0.4) is 0 Å². The molecule has 0 bridgehead atoms. The van der Waals surface area contributed by atoms with Gasteiger partial charge in [0.05, 0.1) is 6.61 Å². The van der Waals surface area contributed by atoms with E-state index >= 15 is 0 Å². The number of rotatable bonds is 4. The molecular formula is C17H32N2O2. The van der Waals surface area contributed by atoms with Gasteiger partial charge < -0.3 is 15.0 Å². The van der Waals surface area contributed by atoms with Crippen molar-refractivity contribution in [1.29, 1.82) is 0 Å². The van der Waals surface area contributed by atoms with Crippen molar-refractivity contribution >= 4 is 5.97 Å².